The van der Waals surface area contributed by atoms with Gasteiger partial charge < -0.3 is 21.7 Å². The Morgan fingerprint density at radius 1 is 1.50 bits per heavy atom. The van der Waals surface area contributed by atoms with Crippen molar-refractivity contribution in [2.24, 2.45) is 10.8 Å². The van der Waals surface area contributed by atoms with Crippen molar-refractivity contribution in [3.8, 4) is 0 Å². The normalized spacial score (nSPS) is 19.0. The molecule has 0 aliphatic carbocycles. The molecule has 0 bridgehead atoms. The van der Waals surface area contributed by atoms with Crippen molar-refractivity contribution >= 4 is 34.3 Å². The largest absolute Gasteiger partial charge is 0.383 e. The van der Waals surface area contributed by atoms with Crippen molar-refractivity contribution in [2.45, 2.75) is 6.17 Å². The number of likely N-dealkylation sites (N-methyl/N-ethyl adjacent to an activating group) is 1. The molecule has 3 rings (SSSR count). The van der Waals surface area contributed by atoms with Crippen LogP contribution >= 0.6 is 11.3 Å². The van der Waals surface area contributed by atoms with E-state index >= 15 is 0 Å². The van der Waals surface area contributed by atoms with E-state index < -0.39 is 0 Å². The molecule has 2 aliphatic heterocycles. The van der Waals surface area contributed by atoms with Crippen LogP contribution in [0.25, 0.3) is 11.4 Å². The first-order valence-electron chi connectivity index (χ1n) is 6.38. The van der Waals surface area contributed by atoms with Gasteiger partial charge in [0.25, 0.3) is 0 Å². The van der Waals surface area contributed by atoms with Crippen molar-refractivity contribution in [1.82, 2.24) is 16.1 Å². The maximum atomic E-state index is 6.00. The number of fused-ring (bicyclic) bond motifs is 1. The lowest BCUT2D eigenvalue weighted by Gasteiger charge is -2.21. The molecular formula is C13H16N6S. The van der Waals surface area contributed by atoms with Crippen molar-refractivity contribution in [3.05, 3.63) is 27.6 Å². The van der Waals surface area contributed by atoms with E-state index in [0.717, 1.165) is 39.9 Å². The molecule has 20 heavy (non-hydrogen) atoms. The molecule has 1 aromatic heterocycles. The molecule has 2 aliphatic rings. The average Bonchev–Trinajstić information content (AvgIpc) is 3.06. The van der Waals surface area contributed by atoms with Gasteiger partial charge in [-0.2, -0.15) is 0 Å². The highest BCUT2D eigenvalue weighted by atomic mass is 32.1. The van der Waals surface area contributed by atoms with Crippen LogP contribution in [0.3, 0.4) is 0 Å². The summed E-state index contributed by atoms with van der Waals surface area (Å²) in [5.74, 6) is 2.66. The van der Waals surface area contributed by atoms with E-state index in [1.807, 2.05) is 13.1 Å². The molecule has 1 unspecified atom stereocenters. The Morgan fingerprint density at radius 3 is 3.15 bits per heavy atom. The summed E-state index contributed by atoms with van der Waals surface area (Å²) in [5.41, 5.74) is 14.8. The summed E-state index contributed by atoms with van der Waals surface area (Å²) in [5, 5.41) is 13.6. The van der Waals surface area contributed by atoms with Crippen LogP contribution in [0.15, 0.2) is 23.0 Å². The topological polar surface area (TPSA) is 86.5 Å². The minimum Gasteiger partial charge on any atom is -0.383 e. The second kappa shape index (κ2) is 5.54. The van der Waals surface area contributed by atoms with E-state index in [-0.39, 0.29) is 6.17 Å². The van der Waals surface area contributed by atoms with Crippen molar-refractivity contribution in [3.63, 3.8) is 0 Å². The molecule has 6 N–H and O–H groups in total. The van der Waals surface area contributed by atoms with Gasteiger partial charge in [-0.3, -0.25) is 5.43 Å². The molecule has 0 spiro atoms. The highest BCUT2D eigenvalue weighted by Crippen LogP contribution is 2.37. The Kier molecular flexibility index (Phi) is 3.60. The zero-order valence-electron chi connectivity index (χ0n) is 11.1. The van der Waals surface area contributed by atoms with Gasteiger partial charge >= 0.3 is 0 Å². The van der Waals surface area contributed by atoms with E-state index in [1.54, 1.807) is 11.3 Å². The number of thiophene rings is 1. The van der Waals surface area contributed by atoms with Gasteiger partial charge in [0.1, 0.15) is 5.70 Å². The lowest BCUT2D eigenvalue weighted by atomic mass is 10.2. The Labute approximate surface area is 121 Å². The Balaban J connectivity index is 1.87. The lowest BCUT2D eigenvalue weighted by molar-refractivity contribution is 0.745. The quantitative estimate of drug-likeness (QED) is 0.397. The van der Waals surface area contributed by atoms with Crippen molar-refractivity contribution in [1.29, 1.82) is 0 Å². The fourth-order valence-corrected chi connectivity index (χ4v) is 3.15. The number of hydrogen-bond donors (Lipinski definition) is 5. The van der Waals surface area contributed by atoms with E-state index in [4.69, 9.17) is 5.73 Å². The number of hydrogen-bond acceptors (Lipinski definition) is 7. The number of nitrogens with zero attached hydrogens (tertiary/aromatic N) is 1. The lowest BCUT2D eigenvalue weighted by Crippen LogP contribution is -2.33. The van der Waals surface area contributed by atoms with E-state index in [1.165, 1.54) is 0 Å². The van der Waals surface area contributed by atoms with E-state index in [2.05, 4.69) is 44.1 Å². The third kappa shape index (κ3) is 2.49. The van der Waals surface area contributed by atoms with Crippen LogP contribution in [0.1, 0.15) is 9.75 Å². The summed E-state index contributed by atoms with van der Waals surface area (Å²) in [7, 11) is 1.93. The number of nitrogens with one attached hydrogen (secondary N) is 4. The molecule has 0 fully saturated rings. The first kappa shape index (κ1) is 13.0. The van der Waals surface area contributed by atoms with Crippen molar-refractivity contribution < 1.29 is 0 Å². The predicted molar refractivity (Wildman–Crippen MR) is 83.3 cm³/mol. The summed E-state index contributed by atoms with van der Waals surface area (Å²) in [4.78, 5) is 2.22. The fraction of sp³-hybridized carbons (Fsp3) is 0.308. The van der Waals surface area contributed by atoms with E-state index in [0.29, 0.717) is 0 Å². The van der Waals surface area contributed by atoms with Crippen LogP contribution in [0, 0.1) is 0 Å². The monoisotopic (exact) mass is 288 g/mol. The Morgan fingerprint density at radius 2 is 2.40 bits per heavy atom. The molecule has 104 valence electrons. The molecular weight excluding hydrogens is 272 g/mol. The van der Waals surface area contributed by atoms with Crippen molar-refractivity contribution in [2.75, 3.05) is 25.5 Å². The van der Waals surface area contributed by atoms with Gasteiger partial charge in [0.05, 0.1) is 33.2 Å². The van der Waals surface area contributed by atoms with Gasteiger partial charge in [-0.05, 0) is 24.9 Å². The molecule has 0 radical (unpaired) electrons. The molecule has 0 aromatic carbocycles. The third-order valence-electron chi connectivity index (χ3n) is 2.99. The number of rotatable bonds is 5. The predicted octanol–water partition coefficient (Wildman–Crippen LogP) is 0.292. The zero-order valence-corrected chi connectivity index (χ0v) is 11.9. The molecule has 0 saturated carbocycles. The fourth-order valence-electron chi connectivity index (χ4n) is 2.07. The summed E-state index contributed by atoms with van der Waals surface area (Å²) < 4.78 is 0. The SMILES string of the molecule is CNCCNC1=CC(N)Nc2cc(C3=C=C=NN3)sc21. The smallest absolute Gasteiger partial charge is 0.126 e. The van der Waals surface area contributed by atoms with Crippen LogP contribution < -0.4 is 27.1 Å². The third-order valence-corrected chi connectivity index (χ3v) is 4.17. The molecule has 3 heterocycles. The molecule has 0 saturated heterocycles. The summed E-state index contributed by atoms with van der Waals surface area (Å²) >= 11 is 1.67. The molecule has 0 amide bonds. The highest BCUT2D eigenvalue weighted by molar-refractivity contribution is 7.14. The van der Waals surface area contributed by atoms with Crippen LogP contribution in [0.2, 0.25) is 0 Å². The Bertz CT molecular complexity index is 646. The van der Waals surface area contributed by atoms with Gasteiger partial charge in [-0.25, -0.2) is 0 Å². The summed E-state index contributed by atoms with van der Waals surface area (Å²) in [6.07, 6.45) is 1.82. The first-order valence-corrected chi connectivity index (χ1v) is 7.20. The standard InChI is InChI=1S/C13H16N6S/c1-15-4-5-16-9-7-12(14)18-10-6-11(20-13(9)10)8-2-3-17-19-8/h6-7,12,15-16,18-19H,4-5,14H2,1H3. The van der Waals surface area contributed by atoms with Crippen LogP contribution in [-0.4, -0.2) is 32.2 Å². The van der Waals surface area contributed by atoms with Crippen LogP contribution in [0.4, 0.5) is 5.69 Å². The zero-order chi connectivity index (χ0) is 13.9. The summed E-state index contributed by atoms with van der Waals surface area (Å²) in [6, 6.07) is 2.06. The van der Waals surface area contributed by atoms with Crippen LogP contribution in [-0.2, 0) is 0 Å². The van der Waals surface area contributed by atoms with E-state index in [9.17, 15) is 0 Å². The van der Waals surface area contributed by atoms with Gasteiger partial charge in [-0.1, -0.05) is 0 Å². The average molecular weight is 288 g/mol. The highest BCUT2D eigenvalue weighted by Gasteiger charge is 2.21. The van der Waals surface area contributed by atoms with Gasteiger partial charge in [0, 0.05) is 13.1 Å². The minimum absolute atomic E-state index is 0.181. The second-order valence-corrected chi connectivity index (χ2v) is 5.52. The molecule has 6 nitrogen and oxygen atoms in total. The summed E-state index contributed by atoms with van der Waals surface area (Å²) in [6.45, 7) is 1.75. The number of hydrazone groups is 1. The van der Waals surface area contributed by atoms with Gasteiger partial charge in [0.15, 0.2) is 0 Å². The maximum Gasteiger partial charge on any atom is 0.126 e. The van der Waals surface area contributed by atoms with Gasteiger partial charge in [-0.15, -0.1) is 16.4 Å². The number of nitrogens with two attached hydrogens (primary N) is 1. The Hall–Kier alpha value is -2.01. The first-order chi connectivity index (χ1) is 9.78. The molecule has 1 atom stereocenters. The minimum atomic E-state index is -0.181. The number of anilines is 1. The second-order valence-electron chi connectivity index (χ2n) is 4.47. The van der Waals surface area contributed by atoms with Gasteiger partial charge in [0.2, 0.25) is 0 Å². The maximum absolute atomic E-state index is 6.00. The van der Waals surface area contributed by atoms with Crippen LogP contribution in [0.5, 0.6) is 0 Å². The molecule has 1 aromatic rings. The molecule has 7 heteroatoms.